The lowest BCUT2D eigenvalue weighted by molar-refractivity contribution is 0.252. The summed E-state index contributed by atoms with van der Waals surface area (Å²) in [5.74, 6) is 0. The number of likely N-dealkylation sites (tertiary alicyclic amines) is 1. The van der Waals surface area contributed by atoms with E-state index in [1.165, 1.54) is 43.5 Å². The van der Waals surface area contributed by atoms with E-state index >= 15 is 0 Å². The van der Waals surface area contributed by atoms with Crippen LogP contribution in [0.15, 0.2) is 30.3 Å². The maximum atomic E-state index is 2.54. The van der Waals surface area contributed by atoms with E-state index in [9.17, 15) is 0 Å². The van der Waals surface area contributed by atoms with Crippen molar-refractivity contribution in [2.75, 3.05) is 19.6 Å². The molecule has 0 amide bonds. The lowest BCUT2D eigenvalue weighted by Crippen LogP contribution is -2.29. The number of rotatable bonds is 3. The molecule has 86 valence electrons. The fourth-order valence-corrected chi connectivity index (χ4v) is 2.24. The molecule has 1 nitrogen and oxygen atoms in total. The summed E-state index contributed by atoms with van der Waals surface area (Å²) in [5.41, 5.74) is 2.71. The van der Waals surface area contributed by atoms with Gasteiger partial charge in [0.25, 0.3) is 0 Å². The first-order chi connectivity index (χ1) is 7.86. The highest BCUT2D eigenvalue weighted by molar-refractivity contribution is 5.53. The van der Waals surface area contributed by atoms with Gasteiger partial charge in [-0.2, -0.15) is 0 Å². The van der Waals surface area contributed by atoms with Crippen molar-refractivity contribution >= 4 is 6.08 Å². The summed E-state index contributed by atoms with van der Waals surface area (Å²) in [5, 5.41) is 0. The van der Waals surface area contributed by atoms with Gasteiger partial charge in [-0.25, -0.2) is 0 Å². The summed E-state index contributed by atoms with van der Waals surface area (Å²) in [6.07, 6.45) is 8.71. The Morgan fingerprint density at radius 2 is 1.88 bits per heavy atom. The average molecular weight is 215 g/mol. The standard InChI is InChI=1S/C15H21N/c1-14-8-3-4-9-15(14)10-7-13-16-11-5-2-6-12-16/h3-4,7-10H,2,5-6,11-13H2,1H3. The first-order valence-electron chi connectivity index (χ1n) is 6.31. The lowest BCUT2D eigenvalue weighted by atomic mass is 10.1. The third kappa shape index (κ3) is 3.21. The van der Waals surface area contributed by atoms with Crippen LogP contribution in [-0.4, -0.2) is 24.5 Å². The largest absolute Gasteiger partial charge is 0.300 e. The molecule has 0 atom stereocenters. The average Bonchev–Trinajstić information content (AvgIpc) is 2.33. The number of hydrogen-bond acceptors (Lipinski definition) is 1. The number of nitrogens with zero attached hydrogens (tertiary/aromatic N) is 1. The van der Waals surface area contributed by atoms with Gasteiger partial charge in [-0.1, -0.05) is 42.8 Å². The van der Waals surface area contributed by atoms with Crippen LogP contribution in [0.4, 0.5) is 0 Å². The number of piperidine rings is 1. The second-order valence-electron chi connectivity index (χ2n) is 4.62. The van der Waals surface area contributed by atoms with Crippen molar-refractivity contribution in [1.29, 1.82) is 0 Å². The maximum absolute atomic E-state index is 2.54. The van der Waals surface area contributed by atoms with Crippen LogP contribution in [0.1, 0.15) is 30.4 Å². The Morgan fingerprint density at radius 3 is 2.62 bits per heavy atom. The molecular weight excluding hydrogens is 194 g/mol. The molecule has 16 heavy (non-hydrogen) atoms. The molecule has 0 aliphatic carbocycles. The summed E-state index contributed by atoms with van der Waals surface area (Å²) in [7, 11) is 0. The quantitative estimate of drug-likeness (QED) is 0.746. The van der Waals surface area contributed by atoms with Gasteiger partial charge in [-0.3, -0.25) is 4.90 Å². The van der Waals surface area contributed by atoms with Gasteiger partial charge in [0.15, 0.2) is 0 Å². The monoisotopic (exact) mass is 215 g/mol. The maximum Gasteiger partial charge on any atom is 0.0166 e. The summed E-state index contributed by atoms with van der Waals surface area (Å²) in [6.45, 7) is 5.82. The predicted molar refractivity (Wildman–Crippen MR) is 70.5 cm³/mol. The Kier molecular flexibility index (Phi) is 4.17. The molecule has 0 N–H and O–H groups in total. The van der Waals surface area contributed by atoms with Crippen LogP contribution in [0.25, 0.3) is 6.08 Å². The molecule has 0 aromatic heterocycles. The Balaban J connectivity index is 1.87. The van der Waals surface area contributed by atoms with Crippen molar-refractivity contribution in [2.45, 2.75) is 26.2 Å². The predicted octanol–water partition coefficient (Wildman–Crippen LogP) is 3.49. The van der Waals surface area contributed by atoms with Gasteiger partial charge in [-0.05, 0) is 44.0 Å². The normalized spacial score (nSPS) is 18.1. The van der Waals surface area contributed by atoms with Crippen LogP contribution in [0.2, 0.25) is 0 Å². The Hall–Kier alpha value is -1.08. The second-order valence-corrected chi connectivity index (χ2v) is 4.62. The molecule has 0 radical (unpaired) electrons. The Labute approximate surface area is 98.8 Å². The van der Waals surface area contributed by atoms with Crippen molar-refractivity contribution in [3.05, 3.63) is 41.5 Å². The van der Waals surface area contributed by atoms with Gasteiger partial charge < -0.3 is 0 Å². The Bertz CT molecular complexity index is 348. The van der Waals surface area contributed by atoms with E-state index in [0.29, 0.717) is 0 Å². The van der Waals surface area contributed by atoms with Crippen molar-refractivity contribution in [3.8, 4) is 0 Å². The van der Waals surface area contributed by atoms with Crippen LogP contribution in [0, 0.1) is 6.92 Å². The topological polar surface area (TPSA) is 3.24 Å². The van der Waals surface area contributed by atoms with Gasteiger partial charge in [0.05, 0.1) is 0 Å². The molecule has 1 saturated heterocycles. The summed E-state index contributed by atoms with van der Waals surface area (Å²) >= 11 is 0. The smallest absolute Gasteiger partial charge is 0.0166 e. The minimum absolute atomic E-state index is 1.11. The molecule has 0 saturated carbocycles. The third-order valence-electron chi connectivity index (χ3n) is 3.30. The van der Waals surface area contributed by atoms with E-state index in [0.717, 1.165) is 6.54 Å². The summed E-state index contributed by atoms with van der Waals surface area (Å²) in [4.78, 5) is 2.54. The van der Waals surface area contributed by atoms with E-state index in [2.05, 4.69) is 48.2 Å². The van der Waals surface area contributed by atoms with Gasteiger partial charge in [0, 0.05) is 6.54 Å². The van der Waals surface area contributed by atoms with E-state index in [-0.39, 0.29) is 0 Å². The molecule has 2 rings (SSSR count). The van der Waals surface area contributed by atoms with Crippen molar-refractivity contribution < 1.29 is 0 Å². The molecule has 1 heteroatoms. The highest BCUT2D eigenvalue weighted by atomic mass is 15.1. The van der Waals surface area contributed by atoms with Gasteiger partial charge in [-0.15, -0.1) is 0 Å². The highest BCUT2D eigenvalue weighted by Gasteiger charge is 2.07. The highest BCUT2D eigenvalue weighted by Crippen LogP contribution is 2.11. The van der Waals surface area contributed by atoms with Crippen LogP contribution < -0.4 is 0 Å². The molecule has 0 unspecified atom stereocenters. The zero-order chi connectivity index (χ0) is 11.2. The van der Waals surface area contributed by atoms with E-state index < -0.39 is 0 Å². The lowest BCUT2D eigenvalue weighted by Gasteiger charge is -2.24. The van der Waals surface area contributed by atoms with Crippen molar-refractivity contribution in [2.24, 2.45) is 0 Å². The Morgan fingerprint density at radius 1 is 1.12 bits per heavy atom. The fraction of sp³-hybridized carbons (Fsp3) is 0.467. The van der Waals surface area contributed by atoms with Gasteiger partial charge in [0.2, 0.25) is 0 Å². The first-order valence-corrected chi connectivity index (χ1v) is 6.31. The fourth-order valence-electron chi connectivity index (χ4n) is 2.24. The van der Waals surface area contributed by atoms with Crippen LogP contribution in [0.3, 0.4) is 0 Å². The molecule has 0 spiro atoms. The van der Waals surface area contributed by atoms with Crippen LogP contribution >= 0.6 is 0 Å². The molecule has 1 heterocycles. The van der Waals surface area contributed by atoms with E-state index in [1.54, 1.807) is 0 Å². The molecule has 1 aromatic carbocycles. The molecule has 1 fully saturated rings. The van der Waals surface area contributed by atoms with Crippen molar-refractivity contribution in [3.63, 3.8) is 0 Å². The van der Waals surface area contributed by atoms with Crippen molar-refractivity contribution in [1.82, 2.24) is 4.90 Å². The van der Waals surface area contributed by atoms with Gasteiger partial charge in [0.1, 0.15) is 0 Å². The second kappa shape index (κ2) is 5.86. The van der Waals surface area contributed by atoms with E-state index in [4.69, 9.17) is 0 Å². The molecule has 1 aliphatic rings. The zero-order valence-electron chi connectivity index (χ0n) is 10.2. The van der Waals surface area contributed by atoms with Crippen LogP contribution in [-0.2, 0) is 0 Å². The SMILES string of the molecule is Cc1ccccc1C=CCN1CCCCC1. The summed E-state index contributed by atoms with van der Waals surface area (Å²) < 4.78 is 0. The number of aryl methyl sites for hydroxylation is 1. The molecule has 0 bridgehead atoms. The minimum Gasteiger partial charge on any atom is -0.300 e. The summed E-state index contributed by atoms with van der Waals surface area (Å²) in [6, 6.07) is 8.55. The zero-order valence-corrected chi connectivity index (χ0v) is 10.2. The molecule has 1 aliphatic heterocycles. The first kappa shape index (κ1) is 11.4. The minimum atomic E-state index is 1.11. The van der Waals surface area contributed by atoms with Crippen LogP contribution in [0.5, 0.6) is 0 Å². The molecular formula is C15H21N. The third-order valence-corrected chi connectivity index (χ3v) is 3.30. The number of hydrogen-bond donors (Lipinski definition) is 0. The van der Waals surface area contributed by atoms with E-state index in [1.807, 2.05) is 0 Å². The number of benzene rings is 1. The molecule has 1 aromatic rings. The van der Waals surface area contributed by atoms with Gasteiger partial charge >= 0.3 is 0 Å².